The first-order valence-corrected chi connectivity index (χ1v) is 12.0. The number of para-hydroxylation sites is 1. The van der Waals surface area contributed by atoms with Crippen molar-refractivity contribution in [1.82, 2.24) is 9.21 Å². The number of sulfonamides is 1. The van der Waals surface area contributed by atoms with Crippen molar-refractivity contribution in [3.05, 3.63) is 54.1 Å². The molecule has 2 aromatic carbocycles. The summed E-state index contributed by atoms with van der Waals surface area (Å²) in [7, 11) is -2.03. The van der Waals surface area contributed by atoms with E-state index in [-0.39, 0.29) is 16.8 Å². The number of rotatable bonds is 7. The van der Waals surface area contributed by atoms with Crippen LogP contribution in [-0.4, -0.2) is 62.9 Å². The first-order valence-electron chi connectivity index (χ1n) is 10.5. The Morgan fingerprint density at radius 3 is 2.16 bits per heavy atom. The molecule has 1 unspecified atom stereocenters. The van der Waals surface area contributed by atoms with Gasteiger partial charge in [-0.1, -0.05) is 32.0 Å². The zero-order valence-corrected chi connectivity index (χ0v) is 19.4. The van der Waals surface area contributed by atoms with E-state index in [1.54, 1.807) is 31.4 Å². The molecule has 0 bridgehead atoms. The summed E-state index contributed by atoms with van der Waals surface area (Å²) in [6.07, 6.45) is 0. The summed E-state index contributed by atoms with van der Waals surface area (Å²) in [6, 6.07) is 13.9. The van der Waals surface area contributed by atoms with E-state index >= 15 is 0 Å². The number of carbonyl (C=O) groups excluding carboxylic acids is 1. The van der Waals surface area contributed by atoms with E-state index in [0.29, 0.717) is 37.8 Å². The molecule has 31 heavy (non-hydrogen) atoms. The van der Waals surface area contributed by atoms with Crippen molar-refractivity contribution >= 4 is 21.6 Å². The summed E-state index contributed by atoms with van der Waals surface area (Å²) < 4.78 is 32.4. The summed E-state index contributed by atoms with van der Waals surface area (Å²) in [6.45, 7) is 7.73. The first-order chi connectivity index (χ1) is 14.7. The van der Waals surface area contributed by atoms with Gasteiger partial charge in [0.25, 0.3) is 0 Å². The van der Waals surface area contributed by atoms with Gasteiger partial charge in [-0.15, -0.1) is 0 Å². The van der Waals surface area contributed by atoms with E-state index in [0.717, 1.165) is 11.3 Å². The molecule has 8 heteroatoms. The zero-order valence-electron chi connectivity index (χ0n) is 18.5. The lowest BCUT2D eigenvalue weighted by Gasteiger charge is -2.36. The number of anilines is 1. The average Bonchev–Trinajstić information content (AvgIpc) is 2.78. The van der Waals surface area contributed by atoms with Gasteiger partial charge in [0.1, 0.15) is 5.75 Å². The quantitative estimate of drug-likeness (QED) is 0.708. The fraction of sp³-hybridized carbons (Fsp3) is 0.435. The second kappa shape index (κ2) is 9.80. The van der Waals surface area contributed by atoms with Gasteiger partial charge in [0.15, 0.2) is 0 Å². The van der Waals surface area contributed by atoms with Gasteiger partial charge in [-0.2, -0.15) is 4.31 Å². The molecular weight excluding hydrogens is 414 g/mol. The van der Waals surface area contributed by atoms with Crippen LogP contribution in [0.15, 0.2) is 53.4 Å². The lowest BCUT2D eigenvalue weighted by molar-refractivity contribution is -0.121. The molecule has 0 saturated carbocycles. The Morgan fingerprint density at radius 2 is 1.58 bits per heavy atom. The van der Waals surface area contributed by atoms with E-state index in [2.05, 4.69) is 19.2 Å². The lowest BCUT2D eigenvalue weighted by Crippen LogP contribution is -2.53. The lowest BCUT2D eigenvalue weighted by atomic mass is 10.0. The third kappa shape index (κ3) is 5.26. The molecule has 0 radical (unpaired) electrons. The number of amides is 1. The van der Waals surface area contributed by atoms with Crippen molar-refractivity contribution in [1.29, 1.82) is 0 Å². The molecule has 2 aromatic rings. The maximum absolute atomic E-state index is 12.9. The Bertz CT molecular complexity index is 998. The fourth-order valence-electron chi connectivity index (χ4n) is 3.75. The topological polar surface area (TPSA) is 79.0 Å². The van der Waals surface area contributed by atoms with Crippen LogP contribution in [0.25, 0.3) is 0 Å². The molecule has 0 aliphatic carbocycles. The number of nitrogens with zero attached hydrogens (tertiary/aromatic N) is 2. The van der Waals surface area contributed by atoms with Gasteiger partial charge < -0.3 is 10.1 Å². The van der Waals surface area contributed by atoms with Crippen LogP contribution >= 0.6 is 0 Å². The van der Waals surface area contributed by atoms with Crippen molar-refractivity contribution in [2.75, 3.05) is 38.6 Å². The number of ether oxygens (including phenoxy) is 1. The molecule has 7 nitrogen and oxygen atoms in total. The van der Waals surface area contributed by atoms with Crippen LogP contribution < -0.4 is 10.1 Å². The van der Waals surface area contributed by atoms with Crippen molar-refractivity contribution in [3.8, 4) is 5.75 Å². The largest absolute Gasteiger partial charge is 0.497 e. The maximum Gasteiger partial charge on any atom is 0.243 e. The van der Waals surface area contributed by atoms with Crippen molar-refractivity contribution < 1.29 is 17.9 Å². The molecule has 1 aliphatic heterocycles. The van der Waals surface area contributed by atoms with Crippen LogP contribution in [0.4, 0.5) is 5.69 Å². The van der Waals surface area contributed by atoms with Gasteiger partial charge in [-0.25, -0.2) is 8.42 Å². The highest BCUT2D eigenvalue weighted by Crippen LogP contribution is 2.25. The molecule has 1 saturated heterocycles. The fourth-order valence-corrected chi connectivity index (χ4v) is 5.17. The van der Waals surface area contributed by atoms with Gasteiger partial charge in [0.2, 0.25) is 15.9 Å². The number of piperazine rings is 1. The van der Waals surface area contributed by atoms with Gasteiger partial charge >= 0.3 is 0 Å². The summed E-state index contributed by atoms with van der Waals surface area (Å²) in [5, 5.41) is 3.04. The normalized spacial score (nSPS) is 16.8. The van der Waals surface area contributed by atoms with Crippen molar-refractivity contribution in [2.24, 2.45) is 0 Å². The molecule has 1 fully saturated rings. The average molecular weight is 446 g/mol. The Morgan fingerprint density at radius 1 is 0.968 bits per heavy atom. The number of hydrogen-bond acceptors (Lipinski definition) is 5. The minimum atomic E-state index is -3.57. The van der Waals surface area contributed by atoms with E-state index in [1.165, 1.54) is 4.31 Å². The van der Waals surface area contributed by atoms with Gasteiger partial charge in [-0.3, -0.25) is 9.69 Å². The summed E-state index contributed by atoms with van der Waals surface area (Å²) in [4.78, 5) is 15.1. The second-order valence-corrected chi connectivity index (χ2v) is 9.96. The van der Waals surface area contributed by atoms with Crippen LogP contribution in [-0.2, 0) is 14.8 Å². The minimum Gasteiger partial charge on any atom is -0.497 e. The summed E-state index contributed by atoms with van der Waals surface area (Å²) in [5.41, 5.74) is 1.92. The molecule has 1 heterocycles. The molecule has 1 amide bonds. The monoisotopic (exact) mass is 445 g/mol. The number of nitrogens with one attached hydrogen (secondary N) is 1. The minimum absolute atomic E-state index is 0.0837. The van der Waals surface area contributed by atoms with Crippen LogP contribution in [0.2, 0.25) is 0 Å². The maximum atomic E-state index is 12.9. The Kier molecular flexibility index (Phi) is 7.35. The molecule has 0 aromatic heterocycles. The van der Waals surface area contributed by atoms with E-state index in [9.17, 15) is 13.2 Å². The Hall–Kier alpha value is -2.42. The number of methoxy groups -OCH3 is 1. The van der Waals surface area contributed by atoms with Crippen LogP contribution in [0, 0.1) is 0 Å². The number of hydrogen-bond donors (Lipinski definition) is 1. The van der Waals surface area contributed by atoms with E-state index in [1.807, 2.05) is 36.1 Å². The molecule has 1 atom stereocenters. The first kappa shape index (κ1) is 23.2. The van der Waals surface area contributed by atoms with Crippen LogP contribution in [0.3, 0.4) is 0 Å². The third-order valence-corrected chi connectivity index (χ3v) is 7.65. The molecule has 1 aliphatic rings. The Balaban J connectivity index is 1.61. The van der Waals surface area contributed by atoms with Gasteiger partial charge in [-0.05, 0) is 48.7 Å². The smallest absolute Gasteiger partial charge is 0.243 e. The summed E-state index contributed by atoms with van der Waals surface area (Å²) in [5.74, 6) is 0.834. The highest BCUT2D eigenvalue weighted by Gasteiger charge is 2.32. The predicted octanol–water partition coefficient (Wildman–Crippen LogP) is 3.15. The van der Waals surface area contributed by atoms with Crippen molar-refractivity contribution in [3.63, 3.8) is 0 Å². The molecule has 3 rings (SSSR count). The van der Waals surface area contributed by atoms with Crippen LogP contribution in [0.5, 0.6) is 5.75 Å². The standard InChI is InChI=1S/C23H31N3O4S/c1-17(2)21-7-5-6-8-22(21)24-23(27)18(3)25-13-15-26(16-14-25)31(28,29)20-11-9-19(30-4)10-12-20/h5-12,17-18H,13-16H2,1-4H3,(H,24,27). The third-order valence-electron chi connectivity index (χ3n) is 5.74. The molecular formula is C23H31N3O4S. The number of benzene rings is 2. The van der Waals surface area contributed by atoms with Crippen LogP contribution in [0.1, 0.15) is 32.3 Å². The van der Waals surface area contributed by atoms with Gasteiger partial charge in [0.05, 0.1) is 18.0 Å². The van der Waals surface area contributed by atoms with Gasteiger partial charge in [0, 0.05) is 31.9 Å². The highest BCUT2D eigenvalue weighted by atomic mass is 32.2. The summed E-state index contributed by atoms with van der Waals surface area (Å²) >= 11 is 0. The second-order valence-electron chi connectivity index (χ2n) is 8.02. The number of carbonyl (C=O) groups is 1. The molecule has 168 valence electrons. The highest BCUT2D eigenvalue weighted by molar-refractivity contribution is 7.89. The SMILES string of the molecule is COc1ccc(S(=O)(=O)N2CCN(C(C)C(=O)Nc3ccccc3C(C)C)CC2)cc1. The van der Waals surface area contributed by atoms with Crippen molar-refractivity contribution in [2.45, 2.75) is 37.6 Å². The van der Waals surface area contributed by atoms with E-state index < -0.39 is 10.0 Å². The Labute approximate surface area is 185 Å². The molecule has 0 spiro atoms. The predicted molar refractivity (Wildman–Crippen MR) is 122 cm³/mol. The van der Waals surface area contributed by atoms with E-state index in [4.69, 9.17) is 4.74 Å². The molecule has 1 N–H and O–H groups in total. The zero-order chi connectivity index (χ0) is 22.6.